The molecule has 0 saturated heterocycles. The van der Waals surface area contributed by atoms with Gasteiger partial charge in [0, 0.05) is 16.5 Å². The van der Waals surface area contributed by atoms with E-state index in [4.69, 9.17) is 0 Å². The predicted molar refractivity (Wildman–Crippen MR) is 104 cm³/mol. The lowest BCUT2D eigenvalue weighted by molar-refractivity contribution is 0.102. The summed E-state index contributed by atoms with van der Waals surface area (Å²) in [5.41, 5.74) is 0.451. The van der Waals surface area contributed by atoms with Gasteiger partial charge in [-0.2, -0.15) is 0 Å². The number of rotatable bonds is 5. The fraction of sp³-hybridized carbons (Fsp3) is 0.158. The molecule has 0 spiro atoms. The van der Waals surface area contributed by atoms with Gasteiger partial charge in [-0.05, 0) is 56.3 Å². The Morgan fingerprint density at radius 1 is 1.11 bits per heavy atom. The zero-order chi connectivity index (χ0) is 20.5. The minimum absolute atomic E-state index is 0.00000560. The SMILES string of the molecule is CC(C)S(=O)(=O)c1ccc(C(=O)Nc2nc(-c3cc(F)ccc3F)cs2)cc1. The molecule has 2 aromatic carbocycles. The van der Waals surface area contributed by atoms with Gasteiger partial charge in [-0.15, -0.1) is 11.3 Å². The first kappa shape index (κ1) is 20.1. The van der Waals surface area contributed by atoms with E-state index < -0.39 is 32.6 Å². The van der Waals surface area contributed by atoms with E-state index in [2.05, 4.69) is 10.3 Å². The lowest BCUT2D eigenvalue weighted by atomic mass is 10.1. The number of benzene rings is 2. The Kier molecular flexibility index (Phi) is 5.57. The van der Waals surface area contributed by atoms with Crippen molar-refractivity contribution in [3.8, 4) is 11.3 Å². The summed E-state index contributed by atoms with van der Waals surface area (Å²) in [6, 6.07) is 8.62. The van der Waals surface area contributed by atoms with E-state index in [1.807, 2.05) is 0 Å². The van der Waals surface area contributed by atoms with Crippen LogP contribution in [-0.2, 0) is 9.84 Å². The molecule has 0 saturated carbocycles. The number of hydrogen-bond acceptors (Lipinski definition) is 5. The highest BCUT2D eigenvalue weighted by Gasteiger charge is 2.19. The van der Waals surface area contributed by atoms with Crippen molar-refractivity contribution in [2.24, 2.45) is 0 Å². The summed E-state index contributed by atoms with van der Waals surface area (Å²) in [5.74, 6) is -1.70. The van der Waals surface area contributed by atoms with E-state index in [9.17, 15) is 22.0 Å². The maximum atomic E-state index is 13.8. The molecule has 3 rings (SSSR count). The van der Waals surface area contributed by atoms with E-state index in [0.29, 0.717) is 0 Å². The summed E-state index contributed by atoms with van der Waals surface area (Å²) in [4.78, 5) is 16.6. The van der Waals surface area contributed by atoms with Crippen molar-refractivity contribution >= 4 is 32.2 Å². The van der Waals surface area contributed by atoms with Gasteiger partial charge in [0.1, 0.15) is 11.6 Å². The van der Waals surface area contributed by atoms with Crippen LogP contribution in [-0.4, -0.2) is 24.6 Å². The normalized spacial score (nSPS) is 11.6. The topological polar surface area (TPSA) is 76.1 Å². The molecule has 0 radical (unpaired) electrons. The number of halogens is 2. The minimum Gasteiger partial charge on any atom is -0.298 e. The molecule has 1 amide bonds. The predicted octanol–water partition coefficient (Wildman–Crippen LogP) is 4.52. The second-order valence-electron chi connectivity index (χ2n) is 6.23. The van der Waals surface area contributed by atoms with Gasteiger partial charge in [-0.1, -0.05) is 0 Å². The van der Waals surface area contributed by atoms with Crippen molar-refractivity contribution in [2.45, 2.75) is 24.0 Å². The molecule has 0 fully saturated rings. The van der Waals surface area contributed by atoms with Gasteiger partial charge in [-0.25, -0.2) is 22.2 Å². The van der Waals surface area contributed by atoms with Crippen LogP contribution in [0.3, 0.4) is 0 Å². The fourth-order valence-electron chi connectivity index (χ4n) is 2.39. The summed E-state index contributed by atoms with van der Waals surface area (Å²) in [7, 11) is -3.42. The maximum Gasteiger partial charge on any atom is 0.257 e. The molecule has 5 nitrogen and oxygen atoms in total. The van der Waals surface area contributed by atoms with Crippen molar-refractivity contribution in [1.82, 2.24) is 4.98 Å². The number of nitrogens with zero attached hydrogens (tertiary/aromatic N) is 1. The van der Waals surface area contributed by atoms with Crippen LogP contribution in [0.2, 0.25) is 0 Å². The molecule has 9 heteroatoms. The Bertz CT molecular complexity index is 1120. The molecule has 1 N–H and O–H groups in total. The number of nitrogens with one attached hydrogen (secondary N) is 1. The Labute approximate surface area is 165 Å². The first-order valence-corrected chi connectivity index (χ1v) is 10.7. The highest BCUT2D eigenvalue weighted by molar-refractivity contribution is 7.92. The lowest BCUT2D eigenvalue weighted by Gasteiger charge is -2.08. The number of amides is 1. The van der Waals surface area contributed by atoms with Crippen LogP contribution in [0.4, 0.5) is 13.9 Å². The van der Waals surface area contributed by atoms with E-state index in [1.54, 1.807) is 13.8 Å². The molecular formula is C19H16F2N2O3S2. The molecule has 1 heterocycles. The summed E-state index contributed by atoms with van der Waals surface area (Å²) in [6.45, 7) is 3.16. The highest BCUT2D eigenvalue weighted by Crippen LogP contribution is 2.28. The monoisotopic (exact) mass is 422 g/mol. The number of hydrogen-bond donors (Lipinski definition) is 1. The van der Waals surface area contributed by atoms with Crippen molar-refractivity contribution < 1.29 is 22.0 Å². The molecule has 0 aliphatic carbocycles. The van der Waals surface area contributed by atoms with Gasteiger partial charge >= 0.3 is 0 Å². The van der Waals surface area contributed by atoms with E-state index in [-0.39, 0.29) is 26.8 Å². The van der Waals surface area contributed by atoms with Crippen LogP contribution in [0.1, 0.15) is 24.2 Å². The standard InChI is InChI=1S/C19H16F2N2O3S2/c1-11(2)28(25,26)14-6-3-12(4-7-14)18(24)23-19-22-17(10-27-19)15-9-13(20)5-8-16(15)21/h3-11H,1-2H3,(H,22,23,24). The molecule has 0 bridgehead atoms. The first-order chi connectivity index (χ1) is 13.2. The van der Waals surface area contributed by atoms with Gasteiger partial charge in [0.2, 0.25) is 0 Å². The molecule has 3 aromatic rings. The Morgan fingerprint density at radius 2 is 1.79 bits per heavy atom. The van der Waals surface area contributed by atoms with Crippen molar-refractivity contribution in [1.29, 1.82) is 0 Å². The summed E-state index contributed by atoms with van der Waals surface area (Å²) in [5, 5.41) is 3.72. The Morgan fingerprint density at radius 3 is 2.43 bits per heavy atom. The number of anilines is 1. The van der Waals surface area contributed by atoms with Gasteiger partial charge in [-0.3, -0.25) is 10.1 Å². The highest BCUT2D eigenvalue weighted by atomic mass is 32.2. The fourth-order valence-corrected chi connectivity index (χ4v) is 4.15. The molecule has 1 aromatic heterocycles. The van der Waals surface area contributed by atoms with Gasteiger partial charge in [0.15, 0.2) is 15.0 Å². The maximum absolute atomic E-state index is 13.8. The van der Waals surface area contributed by atoms with Crippen LogP contribution in [0.5, 0.6) is 0 Å². The molecule has 0 aliphatic heterocycles. The largest absolute Gasteiger partial charge is 0.298 e. The molecule has 146 valence electrons. The van der Waals surface area contributed by atoms with Gasteiger partial charge < -0.3 is 0 Å². The molecule has 0 aliphatic rings. The molecule has 28 heavy (non-hydrogen) atoms. The van der Waals surface area contributed by atoms with Crippen LogP contribution in [0.25, 0.3) is 11.3 Å². The van der Waals surface area contributed by atoms with Gasteiger partial charge in [0.05, 0.1) is 15.8 Å². The zero-order valence-corrected chi connectivity index (χ0v) is 16.6. The number of thiazole rings is 1. The number of aromatic nitrogens is 1. The third-order valence-corrected chi connectivity index (χ3v) is 6.92. The smallest absolute Gasteiger partial charge is 0.257 e. The van der Waals surface area contributed by atoms with E-state index >= 15 is 0 Å². The number of carbonyl (C=O) groups is 1. The number of carbonyl (C=O) groups excluding carboxylic acids is 1. The van der Waals surface area contributed by atoms with Gasteiger partial charge in [0.25, 0.3) is 5.91 Å². The zero-order valence-electron chi connectivity index (χ0n) is 14.9. The van der Waals surface area contributed by atoms with Crippen LogP contribution < -0.4 is 5.32 Å². The summed E-state index contributed by atoms with van der Waals surface area (Å²) >= 11 is 1.07. The second-order valence-corrected chi connectivity index (χ2v) is 9.60. The van der Waals surface area contributed by atoms with E-state index in [0.717, 1.165) is 29.5 Å². The van der Waals surface area contributed by atoms with Crippen molar-refractivity contribution in [3.63, 3.8) is 0 Å². The summed E-state index contributed by atoms with van der Waals surface area (Å²) in [6.07, 6.45) is 0. The Balaban J connectivity index is 1.77. The average molecular weight is 422 g/mol. The van der Waals surface area contributed by atoms with Crippen molar-refractivity contribution in [3.05, 3.63) is 65.0 Å². The second kappa shape index (κ2) is 7.76. The van der Waals surface area contributed by atoms with Crippen LogP contribution in [0.15, 0.2) is 52.7 Å². The van der Waals surface area contributed by atoms with Crippen LogP contribution >= 0.6 is 11.3 Å². The average Bonchev–Trinajstić information content (AvgIpc) is 3.11. The minimum atomic E-state index is -3.42. The lowest BCUT2D eigenvalue weighted by Crippen LogP contribution is -2.15. The van der Waals surface area contributed by atoms with Crippen molar-refractivity contribution in [2.75, 3.05) is 5.32 Å². The van der Waals surface area contributed by atoms with Crippen LogP contribution in [0, 0.1) is 11.6 Å². The third kappa shape index (κ3) is 4.10. The number of sulfone groups is 1. The molecule has 0 unspecified atom stereocenters. The van der Waals surface area contributed by atoms with E-state index in [1.165, 1.54) is 29.6 Å². The molecule has 0 atom stereocenters. The third-order valence-electron chi connectivity index (χ3n) is 3.99. The first-order valence-electron chi connectivity index (χ1n) is 8.25. The Hall–Kier alpha value is -2.65. The quantitative estimate of drug-likeness (QED) is 0.656. The summed E-state index contributed by atoms with van der Waals surface area (Å²) < 4.78 is 51.4. The molecular weight excluding hydrogens is 406 g/mol.